The summed E-state index contributed by atoms with van der Waals surface area (Å²) in [5, 5.41) is 11.1. The Balaban J connectivity index is 2.95. The molecular weight excluding hydrogens is 342 g/mol. The number of nitro groups is 1. The van der Waals surface area contributed by atoms with Crippen molar-refractivity contribution in [1.82, 2.24) is 4.72 Å². The minimum absolute atomic E-state index is 0.236. The largest absolute Gasteiger partial charge is 0.457 e. The Kier molecular flexibility index (Phi) is 6.37. The number of carbonyl (C=O) groups excluding carboxylic acids is 2. The van der Waals surface area contributed by atoms with E-state index in [0.717, 1.165) is 6.07 Å². The number of Topliss-reactive ketones (excluding diaryl/α,β-unsaturated/α-hetero) is 1. The maximum absolute atomic E-state index is 12.1. The van der Waals surface area contributed by atoms with Gasteiger partial charge >= 0.3 is 5.97 Å². The van der Waals surface area contributed by atoms with Crippen molar-refractivity contribution in [2.75, 3.05) is 32.1 Å². The first-order valence-corrected chi connectivity index (χ1v) is 8.13. The second kappa shape index (κ2) is 7.84. The predicted octanol–water partition coefficient (Wildman–Crippen LogP) is 0.0713. The number of carbonyl (C=O) groups is 2. The van der Waals surface area contributed by atoms with E-state index in [4.69, 9.17) is 0 Å². The molecule has 0 fully saturated rings. The molecule has 0 aromatic heterocycles. The lowest BCUT2D eigenvalue weighted by Crippen LogP contribution is -2.31. The quantitative estimate of drug-likeness (QED) is 0.391. The zero-order valence-corrected chi connectivity index (χ0v) is 14.1. The van der Waals surface area contributed by atoms with E-state index >= 15 is 0 Å². The molecule has 1 rings (SSSR count). The third-order valence-corrected chi connectivity index (χ3v) is 4.18. The molecule has 0 aliphatic rings. The zero-order valence-electron chi connectivity index (χ0n) is 13.3. The van der Waals surface area contributed by atoms with Crippen LogP contribution in [0.3, 0.4) is 0 Å². The summed E-state index contributed by atoms with van der Waals surface area (Å²) in [4.78, 5) is 33.5. The van der Waals surface area contributed by atoms with E-state index in [1.807, 2.05) is 4.72 Å². The van der Waals surface area contributed by atoms with Gasteiger partial charge in [-0.25, -0.2) is 8.42 Å². The predicted molar refractivity (Wildman–Crippen MR) is 84.3 cm³/mol. The van der Waals surface area contributed by atoms with Crippen molar-refractivity contribution >= 4 is 33.2 Å². The maximum atomic E-state index is 12.1. The molecule has 0 aliphatic heterocycles. The number of benzene rings is 1. The molecule has 0 aliphatic carbocycles. The van der Waals surface area contributed by atoms with Crippen molar-refractivity contribution in [2.24, 2.45) is 0 Å². The van der Waals surface area contributed by atoms with Gasteiger partial charge in [-0.2, -0.15) is 4.72 Å². The summed E-state index contributed by atoms with van der Waals surface area (Å²) in [6.45, 7) is 0.0608. The Labute approximate surface area is 138 Å². The molecule has 0 saturated carbocycles. The first-order valence-electron chi connectivity index (χ1n) is 6.65. The number of esters is 1. The van der Waals surface area contributed by atoms with Crippen LogP contribution in [0, 0.1) is 10.1 Å². The SMILES string of the molecule is CC(=O)COC(=O)CNS(=O)(=O)c1ccc(N(C)C)c([N+](=O)[O-])c1. The van der Waals surface area contributed by atoms with Crippen LogP contribution in [0.15, 0.2) is 23.1 Å². The normalized spacial score (nSPS) is 11.0. The topological polar surface area (TPSA) is 136 Å². The van der Waals surface area contributed by atoms with E-state index in [9.17, 15) is 28.1 Å². The number of anilines is 1. The van der Waals surface area contributed by atoms with Crippen LogP contribution < -0.4 is 9.62 Å². The van der Waals surface area contributed by atoms with E-state index in [2.05, 4.69) is 4.74 Å². The molecule has 10 nitrogen and oxygen atoms in total. The van der Waals surface area contributed by atoms with E-state index in [1.165, 1.54) is 24.0 Å². The molecular formula is C13H17N3O7S. The summed E-state index contributed by atoms with van der Waals surface area (Å²) in [6.07, 6.45) is 0. The Morgan fingerprint density at radius 2 is 1.96 bits per heavy atom. The van der Waals surface area contributed by atoms with Gasteiger partial charge in [0.2, 0.25) is 10.0 Å². The van der Waals surface area contributed by atoms with Gasteiger partial charge in [-0.05, 0) is 19.1 Å². The lowest BCUT2D eigenvalue weighted by molar-refractivity contribution is -0.384. The van der Waals surface area contributed by atoms with E-state index in [0.29, 0.717) is 0 Å². The second-order valence-corrected chi connectivity index (χ2v) is 6.76. The van der Waals surface area contributed by atoms with Gasteiger partial charge in [0, 0.05) is 20.2 Å². The van der Waals surface area contributed by atoms with Crippen molar-refractivity contribution in [3.63, 3.8) is 0 Å². The number of ketones is 1. The van der Waals surface area contributed by atoms with E-state index in [1.54, 1.807) is 14.1 Å². The number of nitrogens with zero attached hydrogens (tertiary/aromatic N) is 2. The summed E-state index contributed by atoms with van der Waals surface area (Å²) < 4.78 is 30.7. The Bertz CT molecular complexity index is 759. The minimum atomic E-state index is -4.15. The smallest absolute Gasteiger partial charge is 0.321 e. The highest BCUT2D eigenvalue weighted by molar-refractivity contribution is 7.89. The molecule has 0 unspecified atom stereocenters. The van der Waals surface area contributed by atoms with Gasteiger partial charge in [0.05, 0.1) is 9.82 Å². The number of sulfonamides is 1. The third kappa shape index (κ3) is 5.28. The van der Waals surface area contributed by atoms with Crippen LogP contribution in [0.2, 0.25) is 0 Å². The van der Waals surface area contributed by atoms with Crippen molar-refractivity contribution < 1.29 is 27.7 Å². The lowest BCUT2D eigenvalue weighted by Gasteiger charge is -2.13. The van der Waals surface area contributed by atoms with Crippen molar-refractivity contribution in [2.45, 2.75) is 11.8 Å². The molecule has 0 bridgehead atoms. The van der Waals surface area contributed by atoms with Crippen LogP contribution in [0.5, 0.6) is 0 Å². The molecule has 0 radical (unpaired) electrons. The summed E-state index contributed by atoms with van der Waals surface area (Å²) >= 11 is 0. The van der Waals surface area contributed by atoms with Gasteiger partial charge in [-0.15, -0.1) is 0 Å². The Hall–Kier alpha value is -2.53. The standard InChI is InChI=1S/C13H17N3O7S/c1-9(17)8-23-13(18)7-14-24(21,22)10-4-5-11(15(2)3)12(6-10)16(19)20/h4-6,14H,7-8H2,1-3H3. The number of rotatable bonds is 8. The molecule has 1 aromatic carbocycles. The average Bonchev–Trinajstić information content (AvgIpc) is 2.50. The third-order valence-electron chi connectivity index (χ3n) is 2.78. The molecule has 1 N–H and O–H groups in total. The van der Waals surface area contributed by atoms with Crippen LogP contribution >= 0.6 is 0 Å². The molecule has 0 saturated heterocycles. The summed E-state index contributed by atoms with van der Waals surface area (Å²) in [5.74, 6) is -1.32. The van der Waals surface area contributed by atoms with Gasteiger partial charge in [0.15, 0.2) is 5.78 Å². The van der Waals surface area contributed by atoms with Crippen LogP contribution in [0.4, 0.5) is 11.4 Å². The number of nitro benzene ring substituents is 1. The molecule has 0 amide bonds. The Morgan fingerprint density at radius 1 is 1.33 bits per heavy atom. The number of nitrogens with one attached hydrogen (secondary N) is 1. The van der Waals surface area contributed by atoms with Crippen molar-refractivity contribution in [1.29, 1.82) is 0 Å². The van der Waals surface area contributed by atoms with Crippen molar-refractivity contribution in [3.8, 4) is 0 Å². The van der Waals surface area contributed by atoms with Crippen LogP contribution in [-0.4, -0.2) is 52.3 Å². The first kappa shape index (κ1) is 19.5. The van der Waals surface area contributed by atoms with E-state index in [-0.39, 0.29) is 22.1 Å². The highest BCUT2D eigenvalue weighted by Crippen LogP contribution is 2.29. The molecule has 0 spiro atoms. The van der Waals surface area contributed by atoms with Crippen LogP contribution in [0.1, 0.15) is 6.92 Å². The summed E-state index contributed by atoms with van der Waals surface area (Å²) in [7, 11) is -0.985. The highest BCUT2D eigenvalue weighted by atomic mass is 32.2. The molecule has 24 heavy (non-hydrogen) atoms. The van der Waals surface area contributed by atoms with Gasteiger partial charge in [0.25, 0.3) is 5.69 Å². The monoisotopic (exact) mass is 359 g/mol. The van der Waals surface area contributed by atoms with Gasteiger partial charge in [-0.1, -0.05) is 0 Å². The van der Waals surface area contributed by atoms with Gasteiger partial charge in [-0.3, -0.25) is 19.7 Å². The minimum Gasteiger partial charge on any atom is -0.457 e. The fourth-order valence-corrected chi connectivity index (χ4v) is 2.65. The number of hydrogen-bond acceptors (Lipinski definition) is 8. The Morgan fingerprint density at radius 3 is 2.46 bits per heavy atom. The first-order chi connectivity index (χ1) is 11.0. The highest BCUT2D eigenvalue weighted by Gasteiger charge is 2.23. The fourth-order valence-electron chi connectivity index (χ4n) is 1.67. The van der Waals surface area contributed by atoms with E-state index < -0.39 is 34.1 Å². The second-order valence-electron chi connectivity index (χ2n) is 4.99. The van der Waals surface area contributed by atoms with Gasteiger partial charge in [0.1, 0.15) is 18.8 Å². The van der Waals surface area contributed by atoms with Crippen LogP contribution in [-0.2, 0) is 24.3 Å². The zero-order chi connectivity index (χ0) is 18.5. The molecule has 0 heterocycles. The van der Waals surface area contributed by atoms with Gasteiger partial charge < -0.3 is 9.64 Å². The maximum Gasteiger partial charge on any atom is 0.321 e. The van der Waals surface area contributed by atoms with Crippen LogP contribution in [0.25, 0.3) is 0 Å². The molecule has 11 heteroatoms. The summed E-state index contributed by atoms with van der Waals surface area (Å²) in [6, 6.07) is 3.38. The summed E-state index contributed by atoms with van der Waals surface area (Å²) in [5.41, 5.74) is -0.151. The molecule has 1 aromatic rings. The molecule has 0 atom stereocenters. The van der Waals surface area contributed by atoms with Crippen molar-refractivity contribution in [3.05, 3.63) is 28.3 Å². The fraction of sp³-hybridized carbons (Fsp3) is 0.385. The lowest BCUT2D eigenvalue weighted by atomic mass is 10.2. The number of ether oxygens (including phenoxy) is 1. The molecule has 132 valence electrons. The number of hydrogen-bond donors (Lipinski definition) is 1. The average molecular weight is 359 g/mol.